The lowest BCUT2D eigenvalue weighted by Gasteiger charge is -2.34. The third-order valence-corrected chi connectivity index (χ3v) is 4.88. The maximum absolute atomic E-state index is 12.8. The predicted molar refractivity (Wildman–Crippen MR) is 102 cm³/mol. The van der Waals surface area contributed by atoms with E-state index in [0.717, 1.165) is 25.4 Å². The number of aryl methyl sites for hydroxylation is 1. The highest BCUT2D eigenvalue weighted by Gasteiger charge is 2.28. The average Bonchev–Trinajstić information content (AvgIpc) is 2.68. The number of piperazine rings is 1. The smallest absolute Gasteiger partial charge is 0.285 e. The van der Waals surface area contributed by atoms with E-state index in [1.165, 1.54) is 11.6 Å². The largest absolute Gasteiger partial charge is 0.497 e. The average molecular weight is 369 g/mol. The van der Waals surface area contributed by atoms with Crippen molar-refractivity contribution in [1.82, 2.24) is 9.80 Å². The molecular formula is C20H23N3O4. The van der Waals surface area contributed by atoms with Crippen LogP contribution in [0.2, 0.25) is 0 Å². The third kappa shape index (κ3) is 4.25. The Morgan fingerprint density at radius 2 is 1.78 bits per heavy atom. The van der Waals surface area contributed by atoms with Crippen molar-refractivity contribution in [2.75, 3.05) is 33.3 Å². The van der Waals surface area contributed by atoms with Crippen LogP contribution in [-0.2, 0) is 6.54 Å². The molecule has 3 rings (SSSR count). The molecule has 0 saturated carbocycles. The van der Waals surface area contributed by atoms with E-state index in [-0.39, 0.29) is 17.2 Å². The van der Waals surface area contributed by atoms with E-state index in [4.69, 9.17) is 4.74 Å². The number of nitrogens with zero attached hydrogens (tertiary/aromatic N) is 3. The van der Waals surface area contributed by atoms with Crippen molar-refractivity contribution >= 4 is 11.6 Å². The molecule has 7 nitrogen and oxygen atoms in total. The van der Waals surface area contributed by atoms with Crippen LogP contribution < -0.4 is 4.74 Å². The number of nitro groups is 1. The molecule has 2 aromatic rings. The summed E-state index contributed by atoms with van der Waals surface area (Å²) in [6.07, 6.45) is 0. The Hall–Kier alpha value is -2.93. The van der Waals surface area contributed by atoms with Gasteiger partial charge in [-0.05, 0) is 30.7 Å². The molecule has 1 saturated heterocycles. The lowest BCUT2D eigenvalue weighted by Crippen LogP contribution is -2.48. The van der Waals surface area contributed by atoms with Crippen LogP contribution in [0, 0.1) is 17.0 Å². The van der Waals surface area contributed by atoms with E-state index >= 15 is 0 Å². The fourth-order valence-electron chi connectivity index (χ4n) is 3.34. The number of nitro benzene ring substituents is 1. The van der Waals surface area contributed by atoms with E-state index in [0.29, 0.717) is 18.7 Å². The zero-order chi connectivity index (χ0) is 19.4. The first kappa shape index (κ1) is 18.8. The van der Waals surface area contributed by atoms with Crippen molar-refractivity contribution in [2.45, 2.75) is 13.5 Å². The lowest BCUT2D eigenvalue weighted by atomic mass is 10.1. The Balaban J connectivity index is 1.63. The minimum absolute atomic E-state index is 0.0943. The number of para-hydroxylation sites is 1. The summed E-state index contributed by atoms with van der Waals surface area (Å²) in [5, 5.41) is 11.3. The number of rotatable bonds is 5. The number of amides is 1. The molecule has 142 valence electrons. The highest BCUT2D eigenvalue weighted by molar-refractivity contribution is 5.98. The van der Waals surface area contributed by atoms with Crippen LogP contribution in [0.5, 0.6) is 5.75 Å². The highest BCUT2D eigenvalue weighted by Crippen LogP contribution is 2.25. The Bertz CT molecular complexity index is 828. The molecule has 1 heterocycles. The topological polar surface area (TPSA) is 75.9 Å². The second-order valence-electron chi connectivity index (χ2n) is 6.64. The monoisotopic (exact) mass is 369 g/mol. The van der Waals surface area contributed by atoms with Gasteiger partial charge in [0.15, 0.2) is 0 Å². The number of hydrogen-bond acceptors (Lipinski definition) is 5. The third-order valence-electron chi connectivity index (χ3n) is 4.88. The van der Waals surface area contributed by atoms with E-state index in [2.05, 4.69) is 4.90 Å². The van der Waals surface area contributed by atoms with Crippen molar-refractivity contribution in [3.8, 4) is 5.75 Å². The van der Waals surface area contributed by atoms with E-state index < -0.39 is 4.92 Å². The zero-order valence-corrected chi connectivity index (χ0v) is 15.6. The van der Waals surface area contributed by atoms with Crippen LogP contribution in [-0.4, -0.2) is 53.9 Å². The molecule has 0 spiro atoms. The van der Waals surface area contributed by atoms with Gasteiger partial charge in [-0.3, -0.25) is 19.8 Å². The minimum Gasteiger partial charge on any atom is -0.497 e. The number of methoxy groups -OCH3 is 1. The van der Waals surface area contributed by atoms with Gasteiger partial charge in [-0.25, -0.2) is 0 Å². The van der Waals surface area contributed by atoms with Gasteiger partial charge in [0.05, 0.1) is 12.0 Å². The lowest BCUT2D eigenvalue weighted by molar-refractivity contribution is -0.385. The molecule has 7 heteroatoms. The summed E-state index contributed by atoms with van der Waals surface area (Å²) in [4.78, 5) is 27.7. The van der Waals surface area contributed by atoms with Gasteiger partial charge in [-0.15, -0.1) is 0 Å². The van der Waals surface area contributed by atoms with Gasteiger partial charge in [0.2, 0.25) is 0 Å². The van der Waals surface area contributed by atoms with Gasteiger partial charge in [0, 0.05) is 38.3 Å². The minimum atomic E-state index is -0.470. The fourth-order valence-corrected chi connectivity index (χ4v) is 3.34. The molecule has 2 aromatic carbocycles. The molecule has 0 aliphatic carbocycles. The Morgan fingerprint density at radius 1 is 1.11 bits per heavy atom. The summed E-state index contributed by atoms with van der Waals surface area (Å²) in [5.41, 5.74) is 1.76. The van der Waals surface area contributed by atoms with Crippen LogP contribution in [0.4, 0.5) is 5.69 Å². The van der Waals surface area contributed by atoms with Crippen LogP contribution in [0.15, 0.2) is 42.5 Å². The summed E-state index contributed by atoms with van der Waals surface area (Å²) in [6, 6.07) is 12.8. The summed E-state index contributed by atoms with van der Waals surface area (Å²) in [6.45, 7) is 5.03. The maximum Gasteiger partial charge on any atom is 0.285 e. The summed E-state index contributed by atoms with van der Waals surface area (Å²) in [5.74, 6) is 0.559. The van der Waals surface area contributed by atoms with Gasteiger partial charge in [-0.2, -0.15) is 0 Å². The fraction of sp³-hybridized carbons (Fsp3) is 0.350. The second kappa shape index (κ2) is 8.18. The predicted octanol–water partition coefficient (Wildman–Crippen LogP) is 2.87. The number of ether oxygens (including phenoxy) is 1. The van der Waals surface area contributed by atoms with Crippen LogP contribution in [0.3, 0.4) is 0 Å². The van der Waals surface area contributed by atoms with Gasteiger partial charge < -0.3 is 9.64 Å². The normalized spacial score (nSPS) is 14.8. The van der Waals surface area contributed by atoms with Crippen molar-refractivity contribution in [3.63, 3.8) is 0 Å². The molecule has 0 bridgehead atoms. The molecule has 1 fully saturated rings. The van der Waals surface area contributed by atoms with E-state index in [1.54, 1.807) is 31.1 Å². The molecule has 0 N–H and O–H groups in total. The SMILES string of the molecule is COc1ccc(CN2CCN(C(=O)c3cccc(C)c3[N+](=O)[O-])CC2)cc1. The molecular weight excluding hydrogens is 346 g/mol. The van der Waals surface area contributed by atoms with Gasteiger partial charge in [0.25, 0.3) is 11.6 Å². The summed E-state index contributed by atoms with van der Waals surface area (Å²) >= 11 is 0. The van der Waals surface area contributed by atoms with Crippen molar-refractivity contribution < 1.29 is 14.5 Å². The molecule has 1 aliphatic rings. The first-order valence-corrected chi connectivity index (χ1v) is 8.88. The highest BCUT2D eigenvalue weighted by atomic mass is 16.6. The Morgan fingerprint density at radius 3 is 2.37 bits per heavy atom. The van der Waals surface area contributed by atoms with Crippen molar-refractivity contribution in [2.24, 2.45) is 0 Å². The molecule has 0 aromatic heterocycles. The Kier molecular flexibility index (Phi) is 5.71. The molecule has 0 unspecified atom stereocenters. The summed E-state index contributed by atoms with van der Waals surface area (Å²) < 4.78 is 5.17. The van der Waals surface area contributed by atoms with Crippen LogP contribution >= 0.6 is 0 Å². The maximum atomic E-state index is 12.8. The number of carbonyl (C=O) groups is 1. The van der Waals surface area contributed by atoms with Gasteiger partial charge in [-0.1, -0.05) is 24.3 Å². The quantitative estimate of drug-likeness (QED) is 0.598. The van der Waals surface area contributed by atoms with E-state index in [1.807, 2.05) is 24.3 Å². The van der Waals surface area contributed by atoms with Gasteiger partial charge >= 0.3 is 0 Å². The molecule has 27 heavy (non-hydrogen) atoms. The standard InChI is InChI=1S/C20H23N3O4/c1-15-4-3-5-18(19(15)23(25)26)20(24)22-12-10-21(11-13-22)14-16-6-8-17(27-2)9-7-16/h3-9H,10-14H2,1-2H3. The Labute approximate surface area is 158 Å². The van der Waals surface area contributed by atoms with Crippen LogP contribution in [0.1, 0.15) is 21.5 Å². The second-order valence-corrected chi connectivity index (χ2v) is 6.64. The number of hydrogen-bond donors (Lipinski definition) is 0. The summed E-state index contributed by atoms with van der Waals surface area (Å²) in [7, 11) is 1.64. The van der Waals surface area contributed by atoms with Gasteiger partial charge in [0.1, 0.15) is 11.3 Å². The molecule has 1 aliphatic heterocycles. The van der Waals surface area contributed by atoms with Crippen LogP contribution in [0.25, 0.3) is 0 Å². The van der Waals surface area contributed by atoms with E-state index in [9.17, 15) is 14.9 Å². The van der Waals surface area contributed by atoms with Crippen molar-refractivity contribution in [1.29, 1.82) is 0 Å². The first-order valence-electron chi connectivity index (χ1n) is 8.88. The number of carbonyl (C=O) groups excluding carboxylic acids is 1. The van der Waals surface area contributed by atoms with Crippen molar-refractivity contribution in [3.05, 3.63) is 69.3 Å². The number of benzene rings is 2. The molecule has 0 radical (unpaired) electrons. The zero-order valence-electron chi connectivity index (χ0n) is 15.6. The molecule has 0 atom stereocenters. The first-order chi connectivity index (χ1) is 13.0. The molecule has 1 amide bonds.